The lowest BCUT2D eigenvalue weighted by Gasteiger charge is -2.29. The molecule has 188 valence electrons. The third-order valence-corrected chi connectivity index (χ3v) is 5.88. The van der Waals surface area contributed by atoms with Crippen LogP contribution in [0.5, 0.6) is 23.0 Å². The summed E-state index contributed by atoms with van der Waals surface area (Å²) in [4.78, 5) is 26.7. The minimum absolute atomic E-state index is 0.0613. The van der Waals surface area contributed by atoms with Crippen LogP contribution in [0.2, 0.25) is 0 Å². The molecule has 36 heavy (non-hydrogen) atoms. The van der Waals surface area contributed by atoms with Gasteiger partial charge >= 0.3 is 0 Å². The number of rotatable bonds is 10. The van der Waals surface area contributed by atoms with Crippen molar-refractivity contribution < 1.29 is 28.5 Å². The van der Waals surface area contributed by atoms with Crippen LogP contribution in [0.3, 0.4) is 0 Å². The van der Waals surface area contributed by atoms with Crippen molar-refractivity contribution >= 4 is 23.2 Å². The first kappa shape index (κ1) is 24.9. The molecular formula is C28H30N2O6. The van der Waals surface area contributed by atoms with Crippen LogP contribution >= 0.6 is 0 Å². The van der Waals surface area contributed by atoms with Crippen molar-refractivity contribution in [1.29, 1.82) is 0 Å². The highest BCUT2D eigenvalue weighted by atomic mass is 16.5. The number of ether oxygens (including phenoxy) is 4. The van der Waals surface area contributed by atoms with Gasteiger partial charge in [-0.05, 0) is 55.3 Å². The van der Waals surface area contributed by atoms with Gasteiger partial charge in [-0.15, -0.1) is 0 Å². The van der Waals surface area contributed by atoms with Crippen molar-refractivity contribution in [2.45, 2.75) is 19.8 Å². The summed E-state index contributed by atoms with van der Waals surface area (Å²) in [7, 11) is 3.17. The lowest BCUT2D eigenvalue weighted by Crippen LogP contribution is -2.41. The number of fused-ring (bicyclic) bond motifs is 1. The largest absolute Gasteiger partial charge is 0.493 e. The molecule has 0 bridgehead atoms. The van der Waals surface area contributed by atoms with Gasteiger partial charge in [0.1, 0.15) is 18.1 Å². The van der Waals surface area contributed by atoms with Crippen LogP contribution in [0.1, 0.15) is 17.5 Å². The number of carbonyl (C=O) groups is 2. The lowest BCUT2D eigenvalue weighted by molar-refractivity contribution is -0.121. The first-order chi connectivity index (χ1) is 17.5. The average Bonchev–Trinajstić information content (AvgIpc) is 2.89. The SMILES string of the molecule is COc1ccc(CCC(=O)Nc2ccc3c(c2)OCC(=O)N3CCOc2ccc(C)cc2)cc1OC. The zero-order valence-electron chi connectivity index (χ0n) is 20.7. The molecule has 3 aromatic rings. The highest BCUT2D eigenvalue weighted by Crippen LogP contribution is 2.34. The van der Waals surface area contributed by atoms with E-state index in [0.29, 0.717) is 54.6 Å². The molecule has 0 saturated carbocycles. The molecule has 0 spiro atoms. The quantitative estimate of drug-likeness (QED) is 0.454. The maximum absolute atomic E-state index is 12.6. The zero-order chi connectivity index (χ0) is 25.5. The Bertz CT molecular complexity index is 1230. The van der Waals surface area contributed by atoms with Gasteiger partial charge in [0.25, 0.3) is 5.91 Å². The summed E-state index contributed by atoms with van der Waals surface area (Å²) in [6, 6.07) is 18.7. The normalized spacial score (nSPS) is 12.4. The van der Waals surface area contributed by atoms with Gasteiger partial charge in [0.05, 0.1) is 26.5 Å². The second-order valence-corrected chi connectivity index (χ2v) is 8.42. The van der Waals surface area contributed by atoms with Crippen LogP contribution in [-0.4, -0.2) is 45.8 Å². The molecule has 1 aliphatic heterocycles. The second-order valence-electron chi connectivity index (χ2n) is 8.42. The third-order valence-electron chi connectivity index (χ3n) is 5.88. The highest BCUT2D eigenvalue weighted by Gasteiger charge is 2.26. The number of hydrogen-bond donors (Lipinski definition) is 1. The number of anilines is 2. The summed E-state index contributed by atoms with van der Waals surface area (Å²) in [5.41, 5.74) is 3.39. The van der Waals surface area contributed by atoms with E-state index in [1.165, 1.54) is 0 Å². The van der Waals surface area contributed by atoms with E-state index in [2.05, 4.69) is 5.32 Å². The number of hydrogen-bond acceptors (Lipinski definition) is 6. The Labute approximate surface area is 210 Å². The van der Waals surface area contributed by atoms with Crippen LogP contribution in [0.15, 0.2) is 60.7 Å². The number of methoxy groups -OCH3 is 2. The van der Waals surface area contributed by atoms with Crippen molar-refractivity contribution in [2.24, 2.45) is 0 Å². The Morgan fingerprint density at radius 2 is 1.78 bits per heavy atom. The molecule has 4 rings (SSSR count). The van der Waals surface area contributed by atoms with E-state index >= 15 is 0 Å². The first-order valence-electron chi connectivity index (χ1n) is 11.7. The van der Waals surface area contributed by atoms with Crippen LogP contribution in [-0.2, 0) is 16.0 Å². The van der Waals surface area contributed by atoms with Gasteiger partial charge in [-0.25, -0.2) is 0 Å². The summed E-state index contributed by atoms with van der Waals surface area (Å²) in [5.74, 6) is 2.32. The summed E-state index contributed by atoms with van der Waals surface area (Å²) in [6.07, 6.45) is 0.852. The minimum Gasteiger partial charge on any atom is -0.493 e. The molecule has 0 unspecified atom stereocenters. The molecule has 2 amide bonds. The van der Waals surface area contributed by atoms with Gasteiger partial charge < -0.3 is 29.2 Å². The van der Waals surface area contributed by atoms with E-state index in [-0.39, 0.29) is 18.4 Å². The Hall–Kier alpha value is -4.20. The molecule has 3 aromatic carbocycles. The van der Waals surface area contributed by atoms with Crippen LogP contribution in [0.25, 0.3) is 0 Å². The number of benzene rings is 3. The van der Waals surface area contributed by atoms with Crippen molar-refractivity contribution in [3.05, 3.63) is 71.8 Å². The van der Waals surface area contributed by atoms with Gasteiger partial charge in [-0.1, -0.05) is 23.8 Å². The van der Waals surface area contributed by atoms with E-state index in [0.717, 1.165) is 16.9 Å². The van der Waals surface area contributed by atoms with Gasteiger partial charge in [0.2, 0.25) is 5.91 Å². The van der Waals surface area contributed by atoms with Crippen molar-refractivity contribution in [1.82, 2.24) is 0 Å². The molecule has 0 saturated heterocycles. The smallest absolute Gasteiger partial charge is 0.265 e. The first-order valence-corrected chi connectivity index (χ1v) is 11.7. The Kier molecular flexibility index (Phi) is 7.95. The van der Waals surface area contributed by atoms with Crippen LogP contribution in [0, 0.1) is 6.92 Å². The molecule has 0 fully saturated rings. The van der Waals surface area contributed by atoms with Gasteiger partial charge in [-0.3, -0.25) is 9.59 Å². The van der Waals surface area contributed by atoms with Gasteiger partial charge in [-0.2, -0.15) is 0 Å². The number of nitrogens with zero attached hydrogens (tertiary/aromatic N) is 1. The van der Waals surface area contributed by atoms with E-state index in [1.807, 2.05) is 49.4 Å². The van der Waals surface area contributed by atoms with E-state index in [4.69, 9.17) is 18.9 Å². The summed E-state index contributed by atoms with van der Waals surface area (Å²) >= 11 is 0. The number of amides is 2. The molecule has 1 N–H and O–H groups in total. The fourth-order valence-corrected chi connectivity index (χ4v) is 3.93. The minimum atomic E-state index is -0.137. The van der Waals surface area contributed by atoms with Crippen molar-refractivity contribution in [3.63, 3.8) is 0 Å². The molecule has 8 heteroatoms. The molecule has 0 aromatic heterocycles. The van der Waals surface area contributed by atoms with Crippen molar-refractivity contribution in [3.8, 4) is 23.0 Å². The zero-order valence-corrected chi connectivity index (χ0v) is 20.7. The Morgan fingerprint density at radius 1 is 1.00 bits per heavy atom. The lowest BCUT2D eigenvalue weighted by atomic mass is 10.1. The topological polar surface area (TPSA) is 86.3 Å². The van der Waals surface area contributed by atoms with Gasteiger partial charge in [0.15, 0.2) is 18.1 Å². The van der Waals surface area contributed by atoms with E-state index < -0.39 is 0 Å². The van der Waals surface area contributed by atoms with Crippen molar-refractivity contribution in [2.75, 3.05) is 44.2 Å². The van der Waals surface area contributed by atoms with E-state index in [1.54, 1.807) is 37.3 Å². The predicted octanol–water partition coefficient (Wildman–Crippen LogP) is 4.39. The molecular weight excluding hydrogens is 460 g/mol. The second kappa shape index (κ2) is 11.5. The molecule has 1 heterocycles. The maximum atomic E-state index is 12.6. The van der Waals surface area contributed by atoms with Gasteiger partial charge in [0, 0.05) is 18.2 Å². The predicted molar refractivity (Wildman–Crippen MR) is 137 cm³/mol. The fraction of sp³-hybridized carbons (Fsp3) is 0.286. The molecule has 0 aliphatic carbocycles. The molecule has 0 radical (unpaired) electrons. The highest BCUT2D eigenvalue weighted by molar-refractivity contribution is 5.99. The summed E-state index contributed by atoms with van der Waals surface area (Å²) < 4.78 is 22.0. The van der Waals surface area contributed by atoms with Crippen LogP contribution < -0.4 is 29.2 Å². The fourth-order valence-electron chi connectivity index (χ4n) is 3.93. The number of carbonyl (C=O) groups excluding carboxylic acids is 2. The maximum Gasteiger partial charge on any atom is 0.265 e. The standard InChI is InChI=1S/C28H30N2O6/c1-19-4-9-22(10-5-19)35-15-14-30-23-11-8-21(17-25(23)36-18-28(30)32)29-27(31)13-7-20-6-12-24(33-2)26(16-20)34-3/h4-6,8-12,16-17H,7,13-15,18H2,1-3H3,(H,29,31). The Balaban J connectivity index is 1.34. The monoisotopic (exact) mass is 490 g/mol. The Morgan fingerprint density at radius 3 is 2.53 bits per heavy atom. The molecule has 1 aliphatic rings. The summed E-state index contributed by atoms with van der Waals surface area (Å²) in [6.45, 7) is 2.69. The average molecular weight is 491 g/mol. The molecule has 8 nitrogen and oxygen atoms in total. The summed E-state index contributed by atoms with van der Waals surface area (Å²) in [5, 5.41) is 2.91. The van der Waals surface area contributed by atoms with Crippen LogP contribution in [0.4, 0.5) is 11.4 Å². The van der Waals surface area contributed by atoms with E-state index in [9.17, 15) is 9.59 Å². The number of nitrogens with one attached hydrogen (secondary N) is 1. The number of aryl methyl sites for hydroxylation is 2. The third kappa shape index (κ3) is 6.07. The molecule has 0 atom stereocenters.